The summed E-state index contributed by atoms with van der Waals surface area (Å²) in [6.07, 6.45) is 5.95. The fourth-order valence-electron chi connectivity index (χ4n) is 3.12. The fourth-order valence-corrected chi connectivity index (χ4v) is 3.12. The van der Waals surface area contributed by atoms with E-state index in [4.69, 9.17) is 8.83 Å². The van der Waals surface area contributed by atoms with E-state index in [-0.39, 0.29) is 18.0 Å². The van der Waals surface area contributed by atoms with Gasteiger partial charge in [-0.3, -0.25) is 5.32 Å². The number of oxime groups is 1. The van der Waals surface area contributed by atoms with Gasteiger partial charge in [-0.25, -0.2) is 0 Å². The number of nitrogens with zero attached hydrogens (tertiary/aromatic N) is 1. The van der Waals surface area contributed by atoms with Gasteiger partial charge in [0.15, 0.2) is 0 Å². The Balaban J connectivity index is 1.92. The molecule has 5 nitrogen and oxygen atoms in total. The first-order valence-corrected chi connectivity index (χ1v) is 7.37. The molecule has 0 aromatic carbocycles. The third-order valence-corrected chi connectivity index (χ3v) is 4.09. The molecule has 3 heterocycles. The minimum atomic E-state index is -0.00546. The van der Waals surface area contributed by atoms with Crippen LogP contribution in [0.2, 0.25) is 0 Å². The van der Waals surface area contributed by atoms with Gasteiger partial charge in [-0.15, -0.1) is 0 Å². The highest BCUT2D eigenvalue weighted by Crippen LogP contribution is 2.38. The molecule has 2 N–H and O–H groups in total. The third kappa shape index (κ3) is 2.74. The molecule has 21 heavy (non-hydrogen) atoms. The van der Waals surface area contributed by atoms with E-state index in [0.717, 1.165) is 30.1 Å². The molecule has 112 valence electrons. The van der Waals surface area contributed by atoms with E-state index in [1.807, 2.05) is 24.3 Å². The normalized spacial score (nSPS) is 28.0. The van der Waals surface area contributed by atoms with Gasteiger partial charge in [0, 0.05) is 12.3 Å². The second-order valence-corrected chi connectivity index (χ2v) is 5.42. The van der Waals surface area contributed by atoms with Gasteiger partial charge in [0.1, 0.15) is 11.5 Å². The Labute approximate surface area is 123 Å². The molecule has 3 rings (SSSR count). The van der Waals surface area contributed by atoms with Crippen molar-refractivity contribution < 1.29 is 14.0 Å². The van der Waals surface area contributed by atoms with Crippen molar-refractivity contribution in [2.75, 3.05) is 0 Å². The predicted molar refractivity (Wildman–Crippen MR) is 78.3 cm³/mol. The van der Waals surface area contributed by atoms with E-state index in [0.29, 0.717) is 6.42 Å². The lowest BCUT2D eigenvalue weighted by molar-refractivity contribution is 0.253. The quantitative estimate of drug-likeness (QED) is 0.661. The Morgan fingerprint density at radius 2 is 1.95 bits per heavy atom. The van der Waals surface area contributed by atoms with Crippen LogP contribution in [0.1, 0.15) is 49.8 Å². The highest BCUT2D eigenvalue weighted by atomic mass is 16.4. The second kappa shape index (κ2) is 6.18. The number of nitrogens with one attached hydrogen (secondary N) is 1. The zero-order valence-corrected chi connectivity index (χ0v) is 12.0. The third-order valence-electron chi connectivity index (χ3n) is 4.09. The SMILES string of the molecule is CCC[C@@H]1/C(=N/O)C[C@@H](c2ccco2)N[C@@H]1c1ccco1. The van der Waals surface area contributed by atoms with Gasteiger partial charge >= 0.3 is 0 Å². The van der Waals surface area contributed by atoms with E-state index < -0.39 is 0 Å². The molecular formula is C16H20N2O3. The molecule has 5 heteroatoms. The van der Waals surface area contributed by atoms with E-state index in [9.17, 15) is 5.21 Å². The Hall–Kier alpha value is -2.01. The molecule has 0 amide bonds. The first kappa shape index (κ1) is 13.9. The molecule has 2 aromatic rings. The summed E-state index contributed by atoms with van der Waals surface area (Å²) >= 11 is 0. The highest BCUT2D eigenvalue weighted by Gasteiger charge is 2.38. The Kier molecular flexibility index (Phi) is 4.10. The summed E-state index contributed by atoms with van der Waals surface area (Å²) in [5, 5.41) is 16.6. The second-order valence-electron chi connectivity index (χ2n) is 5.42. The Morgan fingerprint density at radius 1 is 1.24 bits per heavy atom. The lowest BCUT2D eigenvalue weighted by atomic mass is 9.81. The van der Waals surface area contributed by atoms with Crippen molar-refractivity contribution in [2.45, 2.75) is 38.3 Å². The molecule has 0 aliphatic carbocycles. The molecule has 0 unspecified atom stereocenters. The lowest BCUT2D eigenvalue weighted by Crippen LogP contribution is -2.42. The van der Waals surface area contributed by atoms with E-state index in [1.54, 1.807) is 12.5 Å². The summed E-state index contributed by atoms with van der Waals surface area (Å²) in [6.45, 7) is 2.13. The average molecular weight is 288 g/mol. The van der Waals surface area contributed by atoms with Gasteiger partial charge in [-0.1, -0.05) is 18.5 Å². The average Bonchev–Trinajstić information content (AvgIpc) is 3.21. The summed E-state index contributed by atoms with van der Waals surface area (Å²) in [5.41, 5.74) is 0.804. The van der Waals surface area contributed by atoms with Gasteiger partial charge in [-0.05, 0) is 30.7 Å². The first-order chi connectivity index (χ1) is 10.3. The number of rotatable bonds is 4. The monoisotopic (exact) mass is 288 g/mol. The minimum absolute atomic E-state index is 0.00491. The molecule has 2 aromatic heterocycles. The van der Waals surface area contributed by atoms with Gasteiger partial charge in [0.05, 0.1) is 30.3 Å². The standard InChI is InChI=1S/C16H20N2O3/c1-2-5-11-12(18-19)10-13(14-6-3-8-20-14)17-16(11)15-7-4-9-21-15/h3-4,6-9,11,13,16-17,19H,2,5,10H2,1H3/b18-12+/t11-,13+,16+/m1/s1. The topological polar surface area (TPSA) is 70.9 Å². The fraction of sp³-hybridized carbons (Fsp3) is 0.438. The van der Waals surface area contributed by atoms with E-state index >= 15 is 0 Å². The molecule has 1 fully saturated rings. The summed E-state index contributed by atoms with van der Waals surface area (Å²) in [7, 11) is 0. The Bertz CT molecular complexity index is 575. The van der Waals surface area contributed by atoms with Crippen LogP contribution in [-0.2, 0) is 0 Å². The lowest BCUT2D eigenvalue weighted by Gasteiger charge is -2.36. The molecule has 0 radical (unpaired) electrons. The van der Waals surface area contributed by atoms with Crippen LogP contribution in [0.4, 0.5) is 0 Å². The molecule has 0 spiro atoms. The zero-order chi connectivity index (χ0) is 14.7. The number of hydrogen-bond donors (Lipinski definition) is 2. The van der Waals surface area contributed by atoms with E-state index in [1.165, 1.54) is 0 Å². The van der Waals surface area contributed by atoms with Crippen LogP contribution in [0.5, 0.6) is 0 Å². The van der Waals surface area contributed by atoms with Crippen LogP contribution in [-0.4, -0.2) is 10.9 Å². The van der Waals surface area contributed by atoms with Crippen LogP contribution in [0.15, 0.2) is 50.8 Å². The maximum atomic E-state index is 9.42. The Morgan fingerprint density at radius 3 is 2.52 bits per heavy atom. The maximum Gasteiger partial charge on any atom is 0.121 e. The van der Waals surface area contributed by atoms with Crippen LogP contribution in [0.3, 0.4) is 0 Å². The van der Waals surface area contributed by atoms with Gasteiger partial charge in [0.25, 0.3) is 0 Å². The summed E-state index contributed by atoms with van der Waals surface area (Å²) in [6, 6.07) is 7.63. The maximum absolute atomic E-state index is 9.42. The van der Waals surface area contributed by atoms with Crippen molar-refractivity contribution in [2.24, 2.45) is 11.1 Å². The van der Waals surface area contributed by atoms with Gasteiger partial charge < -0.3 is 14.0 Å². The number of furan rings is 2. The molecule has 0 bridgehead atoms. The molecule has 1 aliphatic rings. The highest BCUT2D eigenvalue weighted by molar-refractivity contribution is 5.88. The van der Waals surface area contributed by atoms with Crippen molar-refractivity contribution in [3.05, 3.63) is 48.3 Å². The molecular weight excluding hydrogens is 268 g/mol. The van der Waals surface area contributed by atoms with Gasteiger partial charge in [0.2, 0.25) is 0 Å². The summed E-state index contributed by atoms with van der Waals surface area (Å²) in [5.74, 6) is 1.85. The summed E-state index contributed by atoms with van der Waals surface area (Å²) < 4.78 is 11.1. The number of piperidine rings is 1. The van der Waals surface area contributed by atoms with Crippen LogP contribution in [0.25, 0.3) is 0 Å². The van der Waals surface area contributed by atoms with Crippen molar-refractivity contribution >= 4 is 5.71 Å². The van der Waals surface area contributed by atoms with E-state index in [2.05, 4.69) is 17.4 Å². The van der Waals surface area contributed by atoms with Crippen molar-refractivity contribution in [3.63, 3.8) is 0 Å². The van der Waals surface area contributed by atoms with Crippen molar-refractivity contribution in [1.29, 1.82) is 0 Å². The van der Waals surface area contributed by atoms with Crippen LogP contribution >= 0.6 is 0 Å². The van der Waals surface area contributed by atoms with Crippen LogP contribution < -0.4 is 5.32 Å². The first-order valence-electron chi connectivity index (χ1n) is 7.37. The van der Waals surface area contributed by atoms with Gasteiger partial charge in [-0.2, -0.15) is 0 Å². The zero-order valence-electron chi connectivity index (χ0n) is 12.0. The number of hydrogen-bond acceptors (Lipinski definition) is 5. The molecule has 0 saturated carbocycles. The predicted octanol–water partition coefficient (Wildman–Crippen LogP) is 3.89. The minimum Gasteiger partial charge on any atom is -0.468 e. The van der Waals surface area contributed by atoms with Crippen LogP contribution in [0, 0.1) is 5.92 Å². The molecule has 1 saturated heterocycles. The summed E-state index contributed by atoms with van der Waals surface area (Å²) in [4.78, 5) is 0. The smallest absolute Gasteiger partial charge is 0.121 e. The van der Waals surface area contributed by atoms with Crippen molar-refractivity contribution in [3.8, 4) is 0 Å². The molecule has 3 atom stereocenters. The molecule has 1 aliphatic heterocycles. The largest absolute Gasteiger partial charge is 0.468 e. The van der Waals surface area contributed by atoms with Crippen molar-refractivity contribution in [1.82, 2.24) is 5.32 Å².